The first-order valence-electron chi connectivity index (χ1n) is 6.39. The van der Waals surface area contributed by atoms with Crippen molar-refractivity contribution in [3.8, 4) is 0 Å². The van der Waals surface area contributed by atoms with E-state index in [0.29, 0.717) is 0 Å². The van der Waals surface area contributed by atoms with Crippen LogP contribution in [0.15, 0.2) is 24.3 Å². The van der Waals surface area contributed by atoms with Crippen LogP contribution in [0, 0.1) is 0 Å². The number of hydrogen-bond donors (Lipinski definition) is 2. The zero-order valence-electron chi connectivity index (χ0n) is 10.4. The number of anilines is 1. The van der Waals surface area contributed by atoms with Crippen molar-refractivity contribution in [1.29, 1.82) is 0 Å². The average molecular weight is 249 g/mol. The van der Waals surface area contributed by atoms with E-state index in [-0.39, 0.29) is 18.9 Å². The molecule has 1 atom stereocenters. The maximum atomic E-state index is 10.9. The molecule has 0 spiro atoms. The van der Waals surface area contributed by atoms with Crippen LogP contribution in [0.2, 0.25) is 0 Å². The van der Waals surface area contributed by atoms with Gasteiger partial charge in [0.2, 0.25) is 0 Å². The summed E-state index contributed by atoms with van der Waals surface area (Å²) in [5, 5.41) is 17.8. The van der Waals surface area contributed by atoms with Gasteiger partial charge in [-0.05, 0) is 24.5 Å². The Morgan fingerprint density at radius 2 is 2.11 bits per heavy atom. The monoisotopic (exact) mass is 249 g/mol. The number of carbonyl (C=O) groups is 1. The van der Waals surface area contributed by atoms with Gasteiger partial charge in [-0.1, -0.05) is 18.2 Å². The van der Waals surface area contributed by atoms with Gasteiger partial charge >= 0.3 is 5.97 Å². The summed E-state index contributed by atoms with van der Waals surface area (Å²) in [6.45, 7) is 1.87. The van der Waals surface area contributed by atoms with Crippen molar-refractivity contribution in [3.05, 3.63) is 29.8 Å². The number of benzene rings is 1. The molecular weight excluding hydrogens is 230 g/mol. The van der Waals surface area contributed by atoms with Crippen molar-refractivity contribution >= 4 is 11.7 Å². The molecule has 1 unspecified atom stereocenters. The minimum Gasteiger partial charge on any atom is -0.481 e. The second-order valence-electron chi connectivity index (χ2n) is 4.73. The molecule has 0 saturated carbocycles. The lowest BCUT2D eigenvalue weighted by Gasteiger charge is -2.19. The summed E-state index contributed by atoms with van der Waals surface area (Å²) >= 11 is 0. The summed E-state index contributed by atoms with van der Waals surface area (Å²) in [7, 11) is 0. The van der Waals surface area contributed by atoms with E-state index in [0.717, 1.165) is 37.2 Å². The first-order chi connectivity index (χ1) is 8.72. The van der Waals surface area contributed by atoms with Crippen LogP contribution >= 0.6 is 0 Å². The lowest BCUT2D eigenvalue weighted by Crippen LogP contribution is -2.24. The molecule has 1 aromatic rings. The van der Waals surface area contributed by atoms with Gasteiger partial charge in [-0.3, -0.25) is 4.79 Å². The smallest absolute Gasteiger partial charge is 0.304 e. The topological polar surface area (TPSA) is 60.8 Å². The molecule has 18 heavy (non-hydrogen) atoms. The highest BCUT2D eigenvalue weighted by atomic mass is 16.4. The summed E-state index contributed by atoms with van der Waals surface area (Å²) < 4.78 is 0. The van der Waals surface area contributed by atoms with E-state index in [1.807, 2.05) is 18.2 Å². The van der Waals surface area contributed by atoms with Crippen molar-refractivity contribution in [2.24, 2.45) is 0 Å². The normalized spacial score (nSPS) is 17.8. The number of aliphatic hydroxyl groups excluding tert-OH is 1. The molecule has 1 aliphatic heterocycles. The van der Waals surface area contributed by atoms with Crippen molar-refractivity contribution in [3.63, 3.8) is 0 Å². The Hall–Kier alpha value is -1.55. The predicted octanol–water partition coefficient (Wildman–Crippen LogP) is 1.84. The Morgan fingerprint density at radius 1 is 1.33 bits per heavy atom. The fourth-order valence-corrected chi connectivity index (χ4v) is 2.59. The van der Waals surface area contributed by atoms with Gasteiger partial charge < -0.3 is 15.1 Å². The zero-order chi connectivity index (χ0) is 13.0. The number of unbranched alkanes of at least 4 members (excludes halogenated alkanes) is 1. The van der Waals surface area contributed by atoms with Crippen LogP contribution in [-0.2, 0) is 4.79 Å². The Bertz CT molecular complexity index is 419. The van der Waals surface area contributed by atoms with E-state index in [4.69, 9.17) is 10.2 Å². The molecule has 4 heteroatoms. The number of para-hydroxylation sites is 1. The Morgan fingerprint density at radius 3 is 2.83 bits per heavy atom. The molecule has 0 aliphatic carbocycles. The van der Waals surface area contributed by atoms with E-state index in [1.54, 1.807) is 0 Å². The average Bonchev–Trinajstić information content (AvgIpc) is 2.68. The summed E-state index contributed by atoms with van der Waals surface area (Å²) in [4.78, 5) is 13.1. The molecule has 2 rings (SSSR count). The van der Waals surface area contributed by atoms with Crippen molar-refractivity contribution in [2.75, 3.05) is 24.6 Å². The van der Waals surface area contributed by atoms with Crippen LogP contribution in [-0.4, -0.2) is 35.9 Å². The first-order valence-corrected chi connectivity index (χ1v) is 6.39. The van der Waals surface area contributed by atoms with E-state index in [2.05, 4.69) is 11.0 Å². The Balaban J connectivity index is 2.09. The molecule has 0 aromatic heterocycles. The molecule has 1 aromatic carbocycles. The van der Waals surface area contributed by atoms with Crippen LogP contribution in [0.4, 0.5) is 5.69 Å². The molecule has 1 heterocycles. The summed E-state index contributed by atoms with van der Waals surface area (Å²) in [6.07, 6.45) is 1.92. The Kier molecular flexibility index (Phi) is 4.20. The number of fused-ring (bicyclic) bond motifs is 1. The van der Waals surface area contributed by atoms with Crippen molar-refractivity contribution < 1.29 is 15.0 Å². The fraction of sp³-hybridized carbons (Fsp3) is 0.500. The quantitative estimate of drug-likeness (QED) is 0.755. The van der Waals surface area contributed by atoms with Gasteiger partial charge in [0.05, 0.1) is 6.42 Å². The first kappa shape index (κ1) is 12.9. The zero-order valence-corrected chi connectivity index (χ0v) is 10.4. The van der Waals surface area contributed by atoms with Gasteiger partial charge in [-0.25, -0.2) is 0 Å². The standard InChI is InChI=1S/C14H19NO3/c16-8-4-3-7-15-10-11(9-14(17)18)12-5-1-2-6-13(12)15/h1-2,5-6,11,16H,3-4,7-10H2,(H,17,18). The largest absolute Gasteiger partial charge is 0.481 e. The predicted molar refractivity (Wildman–Crippen MR) is 70.0 cm³/mol. The van der Waals surface area contributed by atoms with Crippen LogP contribution < -0.4 is 4.90 Å². The maximum absolute atomic E-state index is 10.9. The van der Waals surface area contributed by atoms with Gasteiger partial charge in [0.25, 0.3) is 0 Å². The number of hydrogen-bond acceptors (Lipinski definition) is 3. The number of aliphatic hydroxyl groups is 1. The molecule has 98 valence electrons. The van der Waals surface area contributed by atoms with E-state index in [9.17, 15) is 4.79 Å². The minimum absolute atomic E-state index is 0.0906. The van der Waals surface area contributed by atoms with Crippen LogP contribution in [0.3, 0.4) is 0 Å². The van der Waals surface area contributed by atoms with Crippen molar-refractivity contribution in [1.82, 2.24) is 0 Å². The SMILES string of the molecule is O=C(O)CC1CN(CCCCO)c2ccccc21. The van der Waals surface area contributed by atoms with Gasteiger partial charge in [0.1, 0.15) is 0 Å². The third-order valence-electron chi connectivity index (χ3n) is 3.42. The third kappa shape index (κ3) is 2.82. The maximum Gasteiger partial charge on any atom is 0.304 e. The summed E-state index contributed by atoms with van der Waals surface area (Å²) in [6, 6.07) is 8.02. The van der Waals surface area contributed by atoms with Gasteiger partial charge in [0, 0.05) is 31.3 Å². The number of nitrogens with zero attached hydrogens (tertiary/aromatic N) is 1. The molecule has 1 aliphatic rings. The van der Waals surface area contributed by atoms with Crippen molar-refractivity contribution in [2.45, 2.75) is 25.2 Å². The third-order valence-corrected chi connectivity index (χ3v) is 3.42. The number of carboxylic acid groups (broad SMARTS) is 1. The molecule has 0 fully saturated rings. The molecule has 0 radical (unpaired) electrons. The molecule has 0 amide bonds. The lowest BCUT2D eigenvalue weighted by molar-refractivity contribution is -0.137. The number of carboxylic acids is 1. The second-order valence-corrected chi connectivity index (χ2v) is 4.73. The minimum atomic E-state index is -0.744. The Labute approximate surface area is 107 Å². The second kappa shape index (κ2) is 5.87. The lowest BCUT2D eigenvalue weighted by atomic mass is 9.98. The van der Waals surface area contributed by atoms with Gasteiger partial charge in [-0.15, -0.1) is 0 Å². The summed E-state index contributed by atoms with van der Waals surface area (Å²) in [5.74, 6) is -0.653. The summed E-state index contributed by atoms with van der Waals surface area (Å²) in [5.41, 5.74) is 2.30. The number of aliphatic carboxylic acids is 1. The van der Waals surface area contributed by atoms with E-state index in [1.165, 1.54) is 0 Å². The molecule has 4 nitrogen and oxygen atoms in total. The highest BCUT2D eigenvalue weighted by molar-refractivity contribution is 5.71. The van der Waals surface area contributed by atoms with Gasteiger partial charge in [0.15, 0.2) is 0 Å². The van der Waals surface area contributed by atoms with Crippen LogP contribution in [0.5, 0.6) is 0 Å². The molecule has 0 bridgehead atoms. The fourth-order valence-electron chi connectivity index (χ4n) is 2.59. The highest BCUT2D eigenvalue weighted by Gasteiger charge is 2.29. The van der Waals surface area contributed by atoms with E-state index < -0.39 is 5.97 Å². The van der Waals surface area contributed by atoms with E-state index >= 15 is 0 Å². The van der Waals surface area contributed by atoms with Crippen LogP contribution in [0.25, 0.3) is 0 Å². The molecule has 0 saturated heterocycles. The highest BCUT2D eigenvalue weighted by Crippen LogP contribution is 2.37. The van der Waals surface area contributed by atoms with Gasteiger partial charge in [-0.2, -0.15) is 0 Å². The number of rotatable bonds is 6. The molecular formula is C14H19NO3. The van der Waals surface area contributed by atoms with Crippen LogP contribution in [0.1, 0.15) is 30.7 Å². The molecule has 2 N–H and O–H groups in total.